The molecular formula is C14H27N3O. The van der Waals surface area contributed by atoms with Crippen molar-refractivity contribution >= 4 is 5.91 Å². The minimum absolute atomic E-state index is 0.219. The number of hydrogen-bond acceptors (Lipinski definition) is 3. The zero-order valence-corrected chi connectivity index (χ0v) is 11.6. The third kappa shape index (κ3) is 3.95. The number of nitrogens with zero attached hydrogens (tertiary/aromatic N) is 1. The van der Waals surface area contributed by atoms with Gasteiger partial charge in [-0.3, -0.25) is 9.69 Å². The second-order valence-electron chi connectivity index (χ2n) is 5.58. The third-order valence-corrected chi connectivity index (χ3v) is 4.28. The Morgan fingerprint density at radius 2 is 2.22 bits per heavy atom. The van der Waals surface area contributed by atoms with Gasteiger partial charge in [0, 0.05) is 25.0 Å². The van der Waals surface area contributed by atoms with E-state index in [9.17, 15) is 4.79 Å². The SMILES string of the molecule is CCN1CCCCC1CNC(=O)CC1CCCN1. The van der Waals surface area contributed by atoms with E-state index in [0.29, 0.717) is 18.5 Å². The van der Waals surface area contributed by atoms with Crippen LogP contribution in [-0.2, 0) is 4.79 Å². The lowest BCUT2D eigenvalue weighted by Crippen LogP contribution is -2.47. The zero-order chi connectivity index (χ0) is 12.8. The van der Waals surface area contributed by atoms with Crippen LogP contribution in [0.2, 0.25) is 0 Å². The van der Waals surface area contributed by atoms with E-state index in [0.717, 1.165) is 26.1 Å². The molecule has 2 unspecified atom stereocenters. The first-order valence-corrected chi connectivity index (χ1v) is 7.53. The topological polar surface area (TPSA) is 44.4 Å². The summed E-state index contributed by atoms with van der Waals surface area (Å²) in [5, 5.41) is 6.50. The predicted octanol–water partition coefficient (Wildman–Crippen LogP) is 1.12. The highest BCUT2D eigenvalue weighted by Gasteiger charge is 2.22. The van der Waals surface area contributed by atoms with Crippen molar-refractivity contribution in [3.05, 3.63) is 0 Å². The van der Waals surface area contributed by atoms with Gasteiger partial charge in [0.05, 0.1) is 0 Å². The Morgan fingerprint density at radius 3 is 2.94 bits per heavy atom. The molecule has 2 fully saturated rings. The maximum absolute atomic E-state index is 11.9. The summed E-state index contributed by atoms with van der Waals surface area (Å²) in [5.74, 6) is 0.219. The molecular weight excluding hydrogens is 226 g/mol. The molecule has 0 aromatic heterocycles. The average Bonchev–Trinajstić information content (AvgIpc) is 2.89. The van der Waals surface area contributed by atoms with E-state index in [4.69, 9.17) is 0 Å². The number of hydrogen-bond donors (Lipinski definition) is 2. The Labute approximate surface area is 110 Å². The molecule has 0 spiro atoms. The van der Waals surface area contributed by atoms with Crippen LogP contribution in [0.1, 0.15) is 45.4 Å². The lowest BCUT2D eigenvalue weighted by molar-refractivity contribution is -0.121. The summed E-state index contributed by atoms with van der Waals surface area (Å²) in [4.78, 5) is 14.4. The number of likely N-dealkylation sites (tertiary alicyclic amines) is 1. The average molecular weight is 253 g/mol. The highest BCUT2D eigenvalue weighted by Crippen LogP contribution is 2.16. The number of rotatable bonds is 5. The lowest BCUT2D eigenvalue weighted by atomic mass is 10.0. The van der Waals surface area contributed by atoms with Crippen LogP contribution in [0.5, 0.6) is 0 Å². The minimum Gasteiger partial charge on any atom is -0.354 e. The standard InChI is InChI=1S/C14H27N3O/c1-2-17-9-4-3-7-13(17)11-16-14(18)10-12-6-5-8-15-12/h12-13,15H,2-11H2,1H3,(H,16,18). The summed E-state index contributed by atoms with van der Waals surface area (Å²) in [6.07, 6.45) is 6.86. The largest absolute Gasteiger partial charge is 0.354 e. The summed E-state index contributed by atoms with van der Waals surface area (Å²) in [6, 6.07) is 0.975. The van der Waals surface area contributed by atoms with Crippen molar-refractivity contribution in [2.24, 2.45) is 0 Å². The number of amides is 1. The molecule has 0 aromatic rings. The molecule has 2 aliphatic heterocycles. The Bertz CT molecular complexity index is 264. The van der Waals surface area contributed by atoms with Gasteiger partial charge in [0.2, 0.25) is 5.91 Å². The van der Waals surface area contributed by atoms with E-state index in [2.05, 4.69) is 22.5 Å². The second-order valence-corrected chi connectivity index (χ2v) is 5.58. The van der Waals surface area contributed by atoms with Gasteiger partial charge in [-0.05, 0) is 45.3 Å². The fraction of sp³-hybridized carbons (Fsp3) is 0.929. The second kappa shape index (κ2) is 7.10. The summed E-state index contributed by atoms with van der Waals surface area (Å²) < 4.78 is 0. The van der Waals surface area contributed by atoms with E-state index in [1.54, 1.807) is 0 Å². The van der Waals surface area contributed by atoms with Crippen molar-refractivity contribution in [2.75, 3.05) is 26.2 Å². The Balaban J connectivity index is 1.67. The van der Waals surface area contributed by atoms with Crippen molar-refractivity contribution < 1.29 is 4.79 Å². The van der Waals surface area contributed by atoms with Gasteiger partial charge in [-0.25, -0.2) is 0 Å². The molecule has 0 aliphatic carbocycles. The van der Waals surface area contributed by atoms with Gasteiger partial charge in [-0.1, -0.05) is 13.3 Å². The van der Waals surface area contributed by atoms with Gasteiger partial charge in [-0.15, -0.1) is 0 Å². The van der Waals surface area contributed by atoms with Crippen molar-refractivity contribution in [1.29, 1.82) is 0 Å². The van der Waals surface area contributed by atoms with Crippen LogP contribution in [0.15, 0.2) is 0 Å². The molecule has 0 aromatic carbocycles. The molecule has 2 aliphatic rings. The van der Waals surface area contributed by atoms with Gasteiger partial charge in [0.25, 0.3) is 0 Å². The monoisotopic (exact) mass is 253 g/mol. The smallest absolute Gasteiger partial charge is 0.221 e. The van der Waals surface area contributed by atoms with Gasteiger partial charge >= 0.3 is 0 Å². The Morgan fingerprint density at radius 1 is 1.33 bits per heavy atom. The minimum atomic E-state index is 0.219. The molecule has 2 heterocycles. The zero-order valence-electron chi connectivity index (χ0n) is 11.6. The molecule has 2 saturated heterocycles. The van der Waals surface area contributed by atoms with Gasteiger partial charge < -0.3 is 10.6 Å². The van der Waals surface area contributed by atoms with Crippen LogP contribution in [-0.4, -0.2) is 49.1 Å². The van der Waals surface area contributed by atoms with Gasteiger partial charge in [0.1, 0.15) is 0 Å². The first-order chi connectivity index (χ1) is 8.79. The molecule has 0 radical (unpaired) electrons. The maximum Gasteiger partial charge on any atom is 0.221 e. The molecule has 2 atom stereocenters. The van der Waals surface area contributed by atoms with Crippen molar-refractivity contribution in [3.8, 4) is 0 Å². The fourth-order valence-electron chi connectivity index (χ4n) is 3.17. The van der Waals surface area contributed by atoms with Crippen LogP contribution in [0.3, 0.4) is 0 Å². The van der Waals surface area contributed by atoms with Crippen LogP contribution < -0.4 is 10.6 Å². The van der Waals surface area contributed by atoms with E-state index in [1.165, 1.54) is 32.2 Å². The van der Waals surface area contributed by atoms with Crippen LogP contribution in [0.4, 0.5) is 0 Å². The van der Waals surface area contributed by atoms with Crippen LogP contribution in [0.25, 0.3) is 0 Å². The summed E-state index contributed by atoms with van der Waals surface area (Å²) in [5.41, 5.74) is 0. The molecule has 0 bridgehead atoms. The number of carbonyl (C=O) groups excluding carboxylic acids is 1. The summed E-state index contributed by atoms with van der Waals surface area (Å²) in [7, 11) is 0. The maximum atomic E-state index is 11.9. The predicted molar refractivity (Wildman–Crippen MR) is 73.5 cm³/mol. The number of nitrogens with one attached hydrogen (secondary N) is 2. The quantitative estimate of drug-likeness (QED) is 0.772. The van der Waals surface area contributed by atoms with Gasteiger partial charge in [0.15, 0.2) is 0 Å². The molecule has 104 valence electrons. The van der Waals surface area contributed by atoms with E-state index in [-0.39, 0.29) is 5.91 Å². The Kier molecular flexibility index (Phi) is 5.45. The molecule has 2 rings (SSSR count). The first-order valence-electron chi connectivity index (χ1n) is 7.53. The summed E-state index contributed by atoms with van der Waals surface area (Å²) >= 11 is 0. The molecule has 1 amide bonds. The molecule has 0 saturated carbocycles. The third-order valence-electron chi connectivity index (χ3n) is 4.28. The van der Waals surface area contributed by atoms with E-state index < -0.39 is 0 Å². The van der Waals surface area contributed by atoms with Crippen molar-refractivity contribution in [1.82, 2.24) is 15.5 Å². The highest BCUT2D eigenvalue weighted by molar-refractivity contribution is 5.76. The fourth-order valence-corrected chi connectivity index (χ4v) is 3.17. The highest BCUT2D eigenvalue weighted by atomic mass is 16.1. The van der Waals surface area contributed by atoms with Crippen molar-refractivity contribution in [3.63, 3.8) is 0 Å². The number of likely N-dealkylation sites (N-methyl/N-ethyl adjacent to an activating group) is 1. The van der Waals surface area contributed by atoms with E-state index >= 15 is 0 Å². The first kappa shape index (κ1) is 13.8. The lowest BCUT2D eigenvalue weighted by Gasteiger charge is -2.35. The van der Waals surface area contributed by atoms with E-state index in [1.807, 2.05) is 0 Å². The molecule has 2 N–H and O–H groups in total. The number of carbonyl (C=O) groups is 1. The molecule has 18 heavy (non-hydrogen) atoms. The van der Waals surface area contributed by atoms with Crippen LogP contribution in [0, 0.1) is 0 Å². The van der Waals surface area contributed by atoms with Crippen LogP contribution >= 0.6 is 0 Å². The van der Waals surface area contributed by atoms with Gasteiger partial charge in [-0.2, -0.15) is 0 Å². The number of piperidine rings is 1. The normalized spacial score (nSPS) is 29.4. The Hall–Kier alpha value is -0.610. The van der Waals surface area contributed by atoms with Crippen molar-refractivity contribution in [2.45, 2.75) is 57.5 Å². The summed E-state index contributed by atoms with van der Waals surface area (Å²) in [6.45, 7) is 6.41. The molecule has 4 heteroatoms. The molecule has 4 nitrogen and oxygen atoms in total.